The first-order chi connectivity index (χ1) is 15.2. The van der Waals surface area contributed by atoms with E-state index in [1.165, 1.54) is 0 Å². The molecule has 0 bridgehead atoms. The molecule has 2 heterocycles. The number of aromatic amines is 1. The second kappa shape index (κ2) is 11.2. The molecule has 2 aromatic rings. The van der Waals surface area contributed by atoms with Gasteiger partial charge in [0.15, 0.2) is 0 Å². The molecule has 1 N–H and O–H groups in total. The zero-order valence-electron chi connectivity index (χ0n) is 20.3. The van der Waals surface area contributed by atoms with Gasteiger partial charge in [-0.05, 0) is 84.6 Å². The van der Waals surface area contributed by atoms with Crippen LogP contribution in [0.1, 0.15) is 53.1 Å². The van der Waals surface area contributed by atoms with E-state index in [-0.39, 0.29) is 24.2 Å². The molecule has 2 amide bonds. The maximum Gasteiger partial charge on any atom is 0.259 e. The van der Waals surface area contributed by atoms with Gasteiger partial charge in [-0.3, -0.25) is 9.59 Å². The van der Waals surface area contributed by atoms with Gasteiger partial charge in [-0.25, -0.2) is 0 Å². The van der Waals surface area contributed by atoms with Gasteiger partial charge in [-0.1, -0.05) is 11.6 Å². The molecule has 1 aromatic carbocycles. The minimum absolute atomic E-state index is 0. The molecule has 0 aliphatic carbocycles. The number of nitrogens with one attached hydrogen (secondary N) is 1. The van der Waals surface area contributed by atoms with E-state index in [0.29, 0.717) is 35.8 Å². The van der Waals surface area contributed by atoms with Crippen molar-refractivity contribution >= 4 is 53.2 Å². The summed E-state index contributed by atoms with van der Waals surface area (Å²) in [4.78, 5) is 35.5. The molecule has 1 aliphatic heterocycles. The molecule has 33 heavy (non-hydrogen) atoms. The van der Waals surface area contributed by atoms with Crippen molar-refractivity contribution in [3.63, 3.8) is 0 Å². The lowest BCUT2D eigenvalue weighted by Gasteiger charge is -2.19. The van der Waals surface area contributed by atoms with Gasteiger partial charge >= 0.3 is 0 Å². The first-order valence-corrected chi connectivity index (χ1v) is 11.5. The van der Waals surface area contributed by atoms with E-state index >= 15 is 0 Å². The molecule has 0 spiro atoms. The minimum Gasteiger partial charge on any atom is -0.358 e. The number of H-pyrrole nitrogens is 1. The Kier molecular flexibility index (Phi) is 9.18. The highest BCUT2D eigenvalue weighted by atomic mass is 35.5. The fraction of sp³-hybridized carbons (Fsp3) is 0.440. The lowest BCUT2D eigenvalue weighted by Crippen LogP contribution is -2.31. The minimum atomic E-state index is -0.0377. The van der Waals surface area contributed by atoms with Crippen LogP contribution in [0.25, 0.3) is 11.6 Å². The van der Waals surface area contributed by atoms with Gasteiger partial charge < -0.3 is 19.7 Å². The van der Waals surface area contributed by atoms with Crippen molar-refractivity contribution in [2.24, 2.45) is 0 Å². The molecule has 0 saturated carbocycles. The van der Waals surface area contributed by atoms with Crippen molar-refractivity contribution in [3.8, 4) is 0 Å². The average Bonchev–Trinajstić information content (AvgIpc) is 3.16. The van der Waals surface area contributed by atoms with Crippen molar-refractivity contribution < 1.29 is 9.59 Å². The smallest absolute Gasteiger partial charge is 0.259 e. The molecular formula is C25H34Cl2N4O2. The number of carbonyl (C=O) groups is 2. The number of aryl methyl sites for hydroxylation is 1. The summed E-state index contributed by atoms with van der Waals surface area (Å²) in [5, 5.41) is 0.592. The van der Waals surface area contributed by atoms with Gasteiger partial charge in [-0.15, -0.1) is 12.4 Å². The van der Waals surface area contributed by atoms with E-state index < -0.39 is 0 Å². The fourth-order valence-corrected chi connectivity index (χ4v) is 4.46. The lowest BCUT2D eigenvalue weighted by molar-refractivity contribution is -0.113. The standard InChI is InChI=1S/C25H33ClN4O2.ClH/c1-7-29(8-2)25(32)23-16(3)21(27-17(23)4)15-20-19-14-18(26)10-11-22(19)30(24(20)31)13-9-12-28(5)6;/h10-11,14-15,27H,7-9,12-13H2,1-6H3;1H/b20-15-;. The van der Waals surface area contributed by atoms with Crippen molar-refractivity contribution in [1.29, 1.82) is 0 Å². The lowest BCUT2D eigenvalue weighted by atomic mass is 10.0. The second-order valence-corrected chi connectivity index (χ2v) is 8.91. The summed E-state index contributed by atoms with van der Waals surface area (Å²) in [5.41, 5.74) is 5.43. The zero-order chi connectivity index (χ0) is 23.6. The average molecular weight is 493 g/mol. The van der Waals surface area contributed by atoms with Crippen molar-refractivity contribution in [3.05, 3.63) is 51.3 Å². The summed E-state index contributed by atoms with van der Waals surface area (Å²) in [7, 11) is 4.05. The Morgan fingerprint density at radius 2 is 1.85 bits per heavy atom. The summed E-state index contributed by atoms with van der Waals surface area (Å²) >= 11 is 6.28. The maximum atomic E-state index is 13.4. The van der Waals surface area contributed by atoms with Crippen molar-refractivity contribution in [2.45, 2.75) is 34.1 Å². The number of amides is 2. The number of aromatic nitrogens is 1. The predicted octanol–water partition coefficient (Wildman–Crippen LogP) is 5.03. The molecule has 3 rings (SSSR count). The monoisotopic (exact) mass is 492 g/mol. The number of nitrogens with zero attached hydrogens (tertiary/aromatic N) is 3. The largest absolute Gasteiger partial charge is 0.358 e. The molecule has 1 aromatic heterocycles. The van der Waals surface area contributed by atoms with Crippen LogP contribution in [-0.2, 0) is 4.79 Å². The van der Waals surface area contributed by atoms with Crippen LogP contribution in [-0.4, -0.2) is 66.9 Å². The molecule has 180 valence electrons. The van der Waals surface area contributed by atoms with Gasteiger partial charge in [0.25, 0.3) is 11.8 Å². The first-order valence-electron chi connectivity index (χ1n) is 11.2. The Hall–Kier alpha value is -2.28. The summed E-state index contributed by atoms with van der Waals surface area (Å²) in [6.07, 6.45) is 2.74. The van der Waals surface area contributed by atoms with Crippen LogP contribution >= 0.6 is 24.0 Å². The predicted molar refractivity (Wildman–Crippen MR) is 140 cm³/mol. The van der Waals surface area contributed by atoms with Crippen LogP contribution in [0.15, 0.2) is 18.2 Å². The first kappa shape index (κ1) is 27.0. The Bertz CT molecular complexity index is 1050. The third-order valence-electron chi connectivity index (χ3n) is 6.03. The van der Waals surface area contributed by atoms with Crippen molar-refractivity contribution in [1.82, 2.24) is 14.8 Å². The van der Waals surface area contributed by atoms with Crippen LogP contribution in [0, 0.1) is 13.8 Å². The topological polar surface area (TPSA) is 59.7 Å². The van der Waals surface area contributed by atoms with Gasteiger partial charge in [0.1, 0.15) is 0 Å². The number of hydrogen-bond acceptors (Lipinski definition) is 3. The molecule has 0 unspecified atom stereocenters. The molecule has 0 radical (unpaired) electrons. The third kappa shape index (κ3) is 5.45. The van der Waals surface area contributed by atoms with Crippen LogP contribution in [0.2, 0.25) is 5.02 Å². The highest BCUT2D eigenvalue weighted by Crippen LogP contribution is 2.40. The number of carbonyl (C=O) groups excluding carboxylic acids is 2. The molecule has 6 nitrogen and oxygen atoms in total. The van der Waals surface area contributed by atoms with Crippen LogP contribution in [0.3, 0.4) is 0 Å². The molecule has 0 atom stereocenters. The number of benzene rings is 1. The van der Waals surface area contributed by atoms with E-state index in [1.807, 2.05) is 75.9 Å². The van der Waals surface area contributed by atoms with Crippen molar-refractivity contribution in [2.75, 3.05) is 45.2 Å². The van der Waals surface area contributed by atoms with Gasteiger partial charge in [0.05, 0.1) is 16.8 Å². The maximum absolute atomic E-state index is 13.4. The van der Waals surface area contributed by atoms with E-state index in [0.717, 1.165) is 41.2 Å². The zero-order valence-corrected chi connectivity index (χ0v) is 21.9. The number of halogens is 2. The van der Waals surface area contributed by atoms with Crippen LogP contribution in [0.4, 0.5) is 5.69 Å². The molecule has 1 aliphatic rings. The van der Waals surface area contributed by atoms with E-state index in [9.17, 15) is 9.59 Å². The summed E-state index contributed by atoms with van der Waals surface area (Å²) in [6, 6.07) is 5.58. The molecule has 8 heteroatoms. The number of anilines is 1. The second-order valence-electron chi connectivity index (χ2n) is 8.47. The molecule has 0 fully saturated rings. The Labute approximate surface area is 208 Å². The Morgan fingerprint density at radius 3 is 2.45 bits per heavy atom. The van der Waals surface area contributed by atoms with E-state index in [1.54, 1.807) is 0 Å². The number of hydrogen-bond donors (Lipinski definition) is 1. The normalized spacial score (nSPS) is 14.1. The number of fused-ring (bicyclic) bond motifs is 1. The Balaban J connectivity index is 0.00000385. The van der Waals surface area contributed by atoms with E-state index in [4.69, 9.17) is 11.6 Å². The van der Waals surface area contributed by atoms with Crippen LogP contribution in [0.5, 0.6) is 0 Å². The highest BCUT2D eigenvalue weighted by Gasteiger charge is 2.33. The van der Waals surface area contributed by atoms with Crippen LogP contribution < -0.4 is 4.90 Å². The van der Waals surface area contributed by atoms with E-state index in [2.05, 4.69) is 9.88 Å². The summed E-state index contributed by atoms with van der Waals surface area (Å²) < 4.78 is 0. The Morgan fingerprint density at radius 1 is 1.18 bits per heavy atom. The quantitative estimate of drug-likeness (QED) is 0.525. The SMILES string of the molecule is CCN(CC)C(=O)c1c(C)[nH]c(/C=C2\C(=O)N(CCCN(C)C)c3ccc(Cl)cc32)c1C.Cl. The summed E-state index contributed by atoms with van der Waals surface area (Å²) in [6.45, 7) is 10.6. The molecule has 0 saturated heterocycles. The third-order valence-corrected chi connectivity index (χ3v) is 6.27. The van der Waals surface area contributed by atoms with Gasteiger partial charge in [0.2, 0.25) is 0 Å². The van der Waals surface area contributed by atoms with Gasteiger partial charge in [0, 0.05) is 41.6 Å². The highest BCUT2D eigenvalue weighted by molar-refractivity contribution is 6.37. The summed E-state index contributed by atoms with van der Waals surface area (Å²) in [5.74, 6) is -0.0262. The number of rotatable bonds is 8. The fourth-order valence-electron chi connectivity index (χ4n) is 4.29. The molecular weight excluding hydrogens is 459 g/mol. The van der Waals surface area contributed by atoms with Gasteiger partial charge in [-0.2, -0.15) is 0 Å².